The van der Waals surface area contributed by atoms with Gasteiger partial charge < -0.3 is 9.47 Å². The molecule has 204 valence electrons. The molecule has 1 atom stereocenters. The second-order valence-corrected chi connectivity index (χ2v) is 12.4. The molecule has 0 spiro atoms. The van der Waals surface area contributed by atoms with Crippen molar-refractivity contribution in [2.45, 2.75) is 30.1 Å². The van der Waals surface area contributed by atoms with Crippen molar-refractivity contribution in [3.63, 3.8) is 0 Å². The van der Waals surface area contributed by atoms with E-state index < -0.39 is 49.7 Å². The Hall–Kier alpha value is -2.88. The summed E-state index contributed by atoms with van der Waals surface area (Å²) in [4.78, 5) is 11.1. The fourth-order valence-corrected chi connectivity index (χ4v) is 6.47. The molecule has 1 saturated heterocycles. The van der Waals surface area contributed by atoms with E-state index in [0.717, 1.165) is 18.4 Å². The largest absolute Gasteiger partial charge is 0.573 e. The van der Waals surface area contributed by atoms with E-state index in [1.807, 2.05) is 0 Å². The van der Waals surface area contributed by atoms with Crippen molar-refractivity contribution < 1.29 is 49.5 Å². The summed E-state index contributed by atoms with van der Waals surface area (Å²) in [6.07, 6.45) is -3.11. The molecular formula is C22H25F3N2O8S2. The maximum atomic E-state index is 13.0. The molecule has 0 bridgehead atoms. The Morgan fingerprint density at radius 3 is 1.95 bits per heavy atom. The molecule has 1 unspecified atom stereocenters. The summed E-state index contributed by atoms with van der Waals surface area (Å²) < 4.78 is 96.9. The van der Waals surface area contributed by atoms with Crippen LogP contribution in [-0.4, -0.2) is 75.3 Å². The van der Waals surface area contributed by atoms with Gasteiger partial charge in [0.25, 0.3) is 0 Å². The first-order valence-corrected chi connectivity index (χ1v) is 14.4. The van der Waals surface area contributed by atoms with Crippen LogP contribution in [0.5, 0.6) is 17.2 Å². The number of carbonyl (C=O) groups excluding carboxylic acids is 1. The molecule has 1 fully saturated rings. The van der Waals surface area contributed by atoms with Crippen LogP contribution in [0.4, 0.5) is 13.2 Å². The zero-order chi connectivity index (χ0) is 27.4. The third-order valence-electron chi connectivity index (χ3n) is 5.83. The minimum absolute atomic E-state index is 0.105. The Balaban J connectivity index is 1.68. The quantitative estimate of drug-likeness (QED) is 0.264. The van der Waals surface area contributed by atoms with Crippen molar-refractivity contribution in [2.75, 3.05) is 25.1 Å². The minimum atomic E-state index is -4.82. The summed E-state index contributed by atoms with van der Waals surface area (Å²) in [5, 5.41) is 10.4. The van der Waals surface area contributed by atoms with Crippen molar-refractivity contribution in [3.05, 3.63) is 48.5 Å². The first-order valence-electron chi connectivity index (χ1n) is 10.9. The number of carbonyl (C=O) groups is 1. The van der Waals surface area contributed by atoms with Crippen LogP contribution in [0.1, 0.15) is 12.8 Å². The van der Waals surface area contributed by atoms with Crippen LogP contribution in [0.2, 0.25) is 0 Å². The molecule has 0 aromatic heterocycles. The molecule has 1 aliphatic heterocycles. The van der Waals surface area contributed by atoms with E-state index in [1.54, 1.807) is 0 Å². The van der Waals surface area contributed by atoms with Crippen LogP contribution in [0, 0.1) is 5.92 Å². The maximum absolute atomic E-state index is 13.0. The molecule has 1 heterocycles. The van der Waals surface area contributed by atoms with Gasteiger partial charge in [0.15, 0.2) is 9.84 Å². The Kier molecular flexibility index (Phi) is 8.72. The highest BCUT2D eigenvalue weighted by molar-refractivity contribution is 7.91. The normalized spacial score (nSPS) is 16.7. The van der Waals surface area contributed by atoms with Crippen molar-refractivity contribution in [1.82, 2.24) is 9.37 Å². The Bertz CT molecular complexity index is 1280. The standard InChI is InChI=1S/C22H25F3N2O8S2/c1-36(30,31)26-12-10-16(11-13-26)21(27(29)15-28)14-37(32,33)20-8-6-18(7-9-20)34-17-2-4-19(5-3-17)35-22(23,24)25/h2-9,15-16,21,29H,10-14H2,1H3. The van der Waals surface area contributed by atoms with Gasteiger partial charge in [0.1, 0.15) is 17.2 Å². The number of benzene rings is 2. The lowest BCUT2D eigenvalue weighted by Crippen LogP contribution is -2.48. The number of alkyl halides is 3. The molecule has 1 amide bonds. The highest BCUT2D eigenvalue weighted by Crippen LogP contribution is 2.30. The van der Waals surface area contributed by atoms with Gasteiger partial charge in [0, 0.05) is 13.1 Å². The average molecular weight is 567 g/mol. The number of ether oxygens (including phenoxy) is 2. The monoisotopic (exact) mass is 566 g/mol. The molecule has 0 saturated carbocycles. The smallest absolute Gasteiger partial charge is 0.457 e. The zero-order valence-corrected chi connectivity index (χ0v) is 21.2. The highest BCUT2D eigenvalue weighted by Gasteiger charge is 2.36. The van der Waals surface area contributed by atoms with Crippen molar-refractivity contribution in [1.29, 1.82) is 0 Å². The number of hydroxylamine groups is 2. The van der Waals surface area contributed by atoms with Crippen molar-refractivity contribution in [3.8, 4) is 17.2 Å². The third kappa shape index (κ3) is 8.05. The SMILES string of the molecule is CS(=O)(=O)N1CCC(C(CS(=O)(=O)c2ccc(Oc3ccc(OC(F)(F)F)cc3)cc2)N(O)C=O)CC1. The van der Waals surface area contributed by atoms with Gasteiger partial charge in [-0.25, -0.2) is 26.2 Å². The number of piperidine rings is 1. The Morgan fingerprint density at radius 1 is 1.00 bits per heavy atom. The second-order valence-electron chi connectivity index (χ2n) is 8.43. The fraction of sp³-hybridized carbons (Fsp3) is 0.409. The summed E-state index contributed by atoms with van der Waals surface area (Å²) in [6, 6.07) is 8.77. The number of nitrogens with zero attached hydrogens (tertiary/aromatic N) is 2. The number of hydrogen-bond donors (Lipinski definition) is 1. The number of hydrogen-bond acceptors (Lipinski definition) is 8. The topological polar surface area (TPSA) is 131 Å². The number of halogens is 3. The molecular weight excluding hydrogens is 541 g/mol. The number of sulfone groups is 1. The maximum Gasteiger partial charge on any atom is 0.573 e. The Labute approximate surface area is 212 Å². The molecule has 0 radical (unpaired) electrons. The lowest BCUT2D eigenvalue weighted by molar-refractivity contribution is -0.274. The highest BCUT2D eigenvalue weighted by atomic mass is 32.2. The van der Waals surface area contributed by atoms with E-state index in [-0.39, 0.29) is 48.7 Å². The molecule has 37 heavy (non-hydrogen) atoms. The zero-order valence-electron chi connectivity index (χ0n) is 19.5. The van der Waals surface area contributed by atoms with Gasteiger partial charge in [-0.2, -0.15) is 0 Å². The van der Waals surface area contributed by atoms with Gasteiger partial charge in [0.2, 0.25) is 16.4 Å². The van der Waals surface area contributed by atoms with E-state index in [1.165, 1.54) is 40.7 Å². The average Bonchev–Trinajstić information content (AvgIpc) is 2.82. The molecule has 1 aliphatic rings. The molecule has 10 nitrogen and oxygen atoms in total. The summed E-state index contributed by atoms with van der Waals surface area (Å²) in [6.45, 7) is 0.282. The van der Waals surface area contributed by atoms with Gasteiger partial charge in [-0.3, -0.25) is 10.0 Å². The van der Waals surface area contributed by atoms with E-state index >= 15 is 0 Å². The van der Waals surface area contributed by atoms with Gasteiger partial charge in [-0.1, -0.05) is 0 Å². The predicted molar refractivity (Wildman–Crippen MR) is 124 cm³/mol. The lowest BCUT2D eigenvalue weighted by atomic mass is 9.91. The van der Waals surface area contributed by atoms with Crippen molar-refractivity contribution in [2.24, 2.45) is 5.92 Å². The van der Waals surface area contributed by atoms with E-state index in [0.29, 0.717) is 5.06 Å². The van der Waals surface area contributed by atoms with Gasteiger partial charge in [0.05, 0.1) is 22.9 Å². The minimum Gasteiger partial charge on any atom is -0.457 e. The van der Waals surface area contributed by atoms with Crippen LogP contribution in [-0.2, 0) is 24.7 Å². The molecule has 3 rings (SSSR count). The molecule has 2 aromatic carbocycles. The van der Waals surface area contributed by atoms with Crippen LogP contribution in [0.15, 0.2) is 53.4 Å². The summed E-state index contributed by atoms with van der Waals surface area (Å²) in [5.41, 5.74) is 0. The van der Waals surface area contributed by atoms with Gasteiger partial charge in [-0.05, 0) is 67.3 Å². The summed E-state index contributed by atoms with van der Waals surface area (Å²) in [5.74, 6) is -1.06. The number of rotatable bonds is 10. The van der Waals surface area contributed by atoms with E-state index in [9.17, 15) is 40.0 Å². The molecule has 1 N–H and O–H groups in total. The first kappa shape index (κ1) is 28.7. The second kappa shape index (κ2) is 11.2. The molecule has 15 heteroatoms. The lowest BCUT2D eigenvalue weighted by Gasteiger charge is -2.36. The predicted octanol–water partition coefficient (Wildman–Crippen LogP) is 3.04. The molecule has 0 aliphatic carbocycles. The fourth-order valence-electron chi connectivity index (χ4n) is 3.98. The first-order chi connectivity index (χ1) is 17.2. The molecule has 2 aromatic rings. The summed E-state index contributed by atoms with van der Waals surface area (Å²) in [7, 11) is -7.40. The number of sulfonamides is 1. The number of amides is 1. The van der Waals surface area contributed by atoms with Crippen LogP contribution < -0.4 is 9.47 Å². The third-order valence-corrected chi connectivity index (χ3v) is 8.90. The van der Waals surface area contributed by atoms with Gasteiger partial charge in [-0.15, -0.1) is 13.2 Å². The van der Waals surface area contributed by atoms with Crippen LogP contribution in [0.25, 0.3) is 0 Å². The van der Waals surface area contributed by atoms with Crippen molar-refractivity contribution >= 4 is 26.3 Å². The van der Waals surface area contributed by atoms with Crippen LogP contribution in [0.3, 0.4) is 0 Å². The summed E-state index contributed by atoms with van der Waals surface area (Å²) >= 11 is 0. The Morgan fingerprint density at radius 2 is 1.49 bits per heavy atom. The van der Waals surface area contributed by atoms with E-state index in [4.69, 9.17) is 4.74 Å². The van der Waals surface area contributed by atoms with E-state index in [2.05, 4.69) is 4.74 Å². The van der Waals surface area contributed by atoms with Crippen LogP contribution >= 0.6 is 0 Å². The van der Waals surface area contributed by atoms with Gasteiger partial charge >= 0.3 is 6.36 Å².